The molecule has 1 heterocycles. The largest absolute Gasteiger partial charge is 0.494 e. The first kappa shape index (κ1) is 16.6. The molecule has 1 saturated heterocycles. The first-order chi connectivity index (χ1) is 10.3. The van der Waals surface area contributed by atoms with E-state index in [1.165, 1.54) is 51.7 Å². The van der Waals surface area contributed by atoms with Gasteiger partial charge in [0.1, 0.15) is 5.75 Å². The Bertz CT molecular complexity index is 402. The molecule has 3 heteroatoms. The van der Waals surface area contributed by atoms with Gasteiger partial charge in [0, 0.05) is 5.02 Å². The van der Waals surface area contributed by atoms with E-state index in [-0.39, 0.29) is 0 Å². The van der Waals surface area contributed by atoms with Gasteiger partial charge in [0.05, 0.1) is 6.61 Å². The fraction of sp³-hybridized carbons (Fsp3) is 0.667. The van der Waals surface area contributed by atoms with E-state index >= 15 is 0 Å². The Morgan fingerprint density at radius 1 is 1.24 bits per heavy atom. The van der Waals surface area contributed by atoms with Gasteiger partial charge in [-0.2, -0.15) is 0 Å². The molecule has 1 aliphatic rings. The van der Waals surface area contributed by atoms with Crippen LogP contribution in [0.3, 0.4) is 0 Å². The molecule has 0 aliphatic carbocycles. The van der Waals surface area contributed by atoms with Crippen LogP contribution in [-0.2, 0) is 0 Å². The lowest BCUT2D eigenvalue weighted by Crippen LogP contribution is -2.34. The number of nitrogens with zero attached hydrogens (tertiary/aromatic N) is 1. The molecule has 0 bridgehead atoms. The zero-order chi connectivity index (χ0) is 14.9. The van der Waals surface area contributed by atoms with Gasteiger partial charge in [0.25, 0.3) is 0 Å². The Morgan fingerprint density at radius 3 is 2.76 bits per heavy atom. The van der Waals surface area contributed by atoms with Gasteiger partial charge < -0.3 is 9.64 Å². The lowest BCUT2D eigenvalue weighted by molar-refractivity contribution is 0.161. The van der Waals surface area contributed by atoms with E-state index in [1.807, 2.05) is 24.3 Å². The summed E-state index contributed by atoms with van der Waals surface area (Å²) in [5.41, 5.74) is 0. The van der Waals surface area contributed by atoms with Crippen LogP contribution in [0, 0.1) is 5.92 Å². The van der Waals surface area contributed by atoms with Crippen molar-refractivity contribution in [1.29, 1.82) is 0 Å². The van der Waals surface area contributed by atoms with Crippen LogP contribution >= 0.6 is 11.6 Å². The first-order valence-electron chi connectivity index (χ1n) is 8.38. The Labute approximate surface area is 134 Å². The normalized spacial score (nSPS) is 17.0. The summed E-state index contributed by atoms with van der Waals surface area (Å²) in [6.07, 6.45) is 7.86. The van der Waals surface area contributed by atoms with Gasteiger partial charge in [-0.05, 0) is 69.4 Å². The van der Waals surface area contributed by atoms with E-state index in [2.05, 4.69) is 11.8 Å². The van der Waals surface area contributed by atoms with Crippen LogP contribution in [0.2, 0.25) is 5.02 Å². The van der Waals surface area contributed by atoms with E-state index in [0.717, 1.165) is 29.7 Å². The molecule has 1 aromatic carbocycles. The van der Waals surface area contributed by atoms with Crippen LogP contribution in [0.5, 0.6) is 5.75 Å². The number of rotatable bonds is 8. The minimum Gasteiger partial charge on any atom is -0.494 e. The molecule has 0 aromatic heterocycles. The van der Waals surface area contributed by atoms with Crippen molar-refractivity contribution in [2.24, 2.45) is 5.92 Å². The molecule has 1 aliphatic heterocycles. The molecule has 2 rings (SSSR count). The molecule has 0 atom stereocenters. The van der Waals surface area contributed by atoms with Crippen molar-refractivity contribution in [3.8, 4) is 5.75 Å². The molecule has 0 amide bonds. The predicted molar refractivity (Wildman–Crippen MR) is 90.3 cm³/mol. The van der Waals surface area contributed by atoms with E-state index in [1.54, 1.807) is 0 Å². The number of likely N-dealkylation sites (tertiary alicyclic amines) is 1. The van der Waals surface area contributed by atoms with Crippen molar-refractivity contribution in [1.82, 2.24) is 4.90 Å². The smallest absolute Gasteiger partial charge is 0.120 e. The van der Waals surface area contributed by atoms with E-state index in [4.69, 9.17) is 16.3 Å². The Hall–Kier alpha value is -0.730. The highest BCUT2D eigenvalue weighted by Crippen LogP contribution is 2.22. The second kappa shape index (κ2) is 9.32. The molecule has 0 unspecified atom stereocenters. The molecule has 118 valence electrons. The number of halogens is 1. The van der Waals surface area contributed by atoms with Gasteiger partial charge in [0.15, 0.2) is 0 Å². The van der Waals surface area contributed by atoms with Crippen molar-refractivity contribution < 1.29 is 4.74 Å². The zero-order valence-corrected chi connectivity index (χ0v) is 13.9. The highest BCUT2D eigenvalue weighted by molar-refractivity contribution is 6.30. The second-order valence-electron chi connectivity index (χ2n) is 6.09. The molecule has 0 N–H and O–H groups in total. The highest BCUT2D eigenvalue weighted by atomic mass is 35.5. The predicted octanol–water partition coefficient (Wildman–Crippen LogP) is 5.01. The van der Waals surface area contributed by atoms with Gasteiger partial charge >= 0.3 is 0 Å². The molecule has 21 heavy (non-hydrogen) atoms. The van der Waals surface area contributed by atoms with Crippen LogP contribution in [0.15, 0.2) is 24.3 Å². The third-order valence-corrected chi connectivity index (χ3v) is 4.61. The van der Waals surface area contributed by atoms with Gasteiger partial charge in [-0.25, -0.2) is 0 Å². The quantitative estimate of drug-likeness (QED) is 0.626. The summed E-state index contributed by atoms with van der Waals surface area (Å²) in [5.74, 6) is 1.71. The number of unbranched alkanes of at least 4 members (excludes halogenated alkanes) is 2. The van der Waals surface area contributed by atoms with Crippen LogP contribution < -0.4 is 4.74 Å². The standard InChI is InChI=1S/C18H28ClNO/c1-2-3-4-11-20-12-8-16(9-13-20)10-14-21-18-7-5-6-17(19)15-18/h5-7,15-16H,2-4,8-14H2,1H3. The van der Waals surface area contributed by atoms with Crippen LogP contribution in [0.4, 0.5) is 0 Å². The minimum atomic E-state index is 0.743. The van der Waals surface area contributed by atoms with Crippen LogP contribution in [-0.4, -0.2) is 31.1 Å². The number of benzene rings is 1. The van der Waals surface area contributed by atoms with Crippen molar-refractivity contribution in [3.05, 3.63) is 29.3 Å². The average molecular weight is 310 g/mol. The maximum atomic E-state index is 5.96. The van der Waals surface area contributed by atoms with Crippen LogP contribution in [0.25, 0.3) is 0 Å². The maximum absolute atomic E-state index is 5.96. The Balaban J connectivity index is 1.58. The van der Waals surface area contributed by atoms with Gasteiger partial charge in [-0.1, -0.05) is 37.4 Å². The summed E-state index contributed by atoms with van der Waals surface area (Å²) in [6.45, 7) is 6.91. The molecule has 1 aromatic rings. The van der Waals surface area contributed by atoms with Crippen molar-refractivity contribution in [2.75, 3.05) is 26.2 Å². The lowest BCUT2D eigenvalue weighted by atomic mass is 9.94. The molecule has 1 fully saturated rings. The summed E-state index contributed by atoms with van der Waals surface area (Å²) in [5, 5.41) is 0.743. The Kier molecular flexibility index (Phi) is 7.38. The SMILES string of the molecule is CCCCCN1CCC(CCOc2cccc(Cl)c2)CC1. The fourth-order valence-corrected chi connectivity index (χ4v) is 3.16. The van der Waals surface area contributed by atoms with Gasteiger partial charge in [-0.15, -0.1) is 0 Å². The minimum absolute atomic E-state index is 0.743. The average Bonchev–Trinajstić information content (AvgIpc) is 2.49. The number of ether oxygens (including phenoxy) is 1. The monoisotopic (exact) mass is 309 g/mol. The third kappa shape index (κ3) is 6.27. The second-order valence-corrected chi connectivity index (χ2v) is 6.52. The van der Waals surface area contributed by atoms with Crippen molar-refractivity contribution >= 4 is 11.6 Å². The summed E-state index contributed by atoms with van der Waals surface area (Å²) in [7, 11) is 0. The molecular formula is C18H28ClNO. The maximum Gasteiger partial charge on any atom is 0.120 e. The Morgan fingerprint density at radius 2 is 2.05 bits per heavy atom. The summed E-state index contributed by atoms with van der Waals surface area (Å²) >= 11 is 5.96. The van der Waals surface area contributed by atoms with E-state index in [0.29, 0.717) is 0 Å². The topological polar surface area (TPSA) is 12.5 Å². The number of hydrogen-bond donors (Lipinski definition) is 0. The summed E-state index contributed by atoms with van der Waals surface area (Å²) in [6, 6.07) is 7.68. The van der Waals surface area contributed by atoms with E-state index in [9.17, 15) is 0 Å². The lowest BCUT2D eigenvalue weighted by Gasteiger charge is -2.31. The fourth-order valence-electron chi connectivity index (χ4n) is 2.98. The van der Waals surface area contributed by atoms with Crippen LogP contribution in [0.1, 0.15) is 45.4 Å². The summed E-state index contributed by atoms with van der Waals surface area (Å²) in [4.78, 5) is 2.63. The zero-order valence-electron chi connectivity index (χ0n) is 13.2. The number of piperidine rings is 1. The van der Waals surface area contributed by atoms with E-state index < -0.39 is 0 Å². The van der Waals surface area contributed by atoms with Gasteiger partial charge in [0.2, 0.25) is 0 Å². The summed E-state index contributed by atoms with van der Waals surface area (Å²) < 4.78 is 5.80. The molecule has 0 radical (unpaired) electrons. The van der Waals surface area contributed by atoms with Crippen molar-refractivity contribution in [2.45, 2.75) is 45.4 Å². The van der Waals surface area contributed by atoms with Crippen molar-refractivity contribution in [3.63, 3.8) is 0 Å². The highest BCUT2D eigenvalue weighted by Gasteiger charge is 2.18. The molecular weight excluding hydrogens is 282 g/mol. The molecule has 0 saturated carbocycles. The third-order valence-electron chi connectivity index (χ3n) is 4.38. The molecule has 0 spiro atoms. The number of hydrogen-bond acceptors (Lipinski definition) is 2. The van der Waals surface area contributed by atoms with Gasteiger partial charge in [-0.3, -0.25) is 0 Å². The molecule has 2 nitrogen and oxygen atoms in total. The first-order valence-corrected chi connectivity index (χ1v) is 8.76.